The van der Waals surface area contributed by atoms with Gasteiger partial charge in [0.2, 0.25) is 0 Å². The predicted molar refractivity (Wildman–Crippen MR) is 70.8 cm³/mol. The molecular weight excluding hydrogens is 254 g/mol. The number of nitrogens with zero attached hydrogens (tertiary/aromatic N) is 2. The molecule has 1 aliphatic rings. The summed E-state index contributed by atoms with van der Waals surface area (Å²) in [6, 6.07) is 0. The molecule has 0 aromatic heterocycles. The molecule has 0 radical (unpaired) electrons. The summed E-state index contributed by atoms with van der Waals surface area (Å²) in [4.78, 5) is 13.5. The van der Waals surface area contributed by atoms with Crippen molar-refractivity contribution in [3.8, 4) is 0 Å². The Kier molecular flexibility index (Phi) is 4.61. The fraction of sp³-hybridized carbons (Fsp3) is 0.909. The highest BCUT2D eigenvalue weighted by Crippen LogP contribution is 2.13. The van der Waals surface area contributed by atoms with Crippen molar-refractivity contribution >= 4 is 16.0 Å². The molecule has 1 amide bonds. The van der Waals surface area contributed by atoms with Gasteiger partial charge in [-0.2, -0.15) is 0 Å². The smallest absolute Gasteiger partial charge is 0.410 e. The first-order chi connectivity index (χ1) is 8.09. The number of ether oxygens (including phenoxy) is 1. The van der Waals surface area contributed by atoms with Crippen molar-refractivity contribution in [1.29, 1.82) is 4.78 Å². The number of amides is 1. The molecule has 0 spiro atoms. The summed E-state index contributed by atoms with van der Waals surface area (Å²) in [5, 5.41) is 0. The second-order valence-corrected chi connectivity index (χ2v) is 7.67. The van der Waals surface area contributed by atoms with Gasteiger partial charge >= 0.3 is 6.09 Å². The summed E-state index contributed by atoms with van der Waals surface area (Å²) in [6.45, 7) is 7.57. The van der Waals surface area contributed by atoms with E-state index in [4.69, 9.17) is 9.52 Å². The lowest BCUT2D eigenvalue weighted by Gasteiger charge is -2.26. The molecule has 1 saturated heterocycles. The lowest BCUT2D eigenvalue weighted by atomic mass is 10.2. The molecule has 0 saturated carbocycles. The molecule has 1 atom stereocenters. The van der Waals surface area contributed by atoms with Crippen molar-refractivity contribution < 1.29 is 13.7 Å². The third-order valence-corrected chi connectivity index (χ3v) is 3.95. The Hall–Kier alpha value is -0.820. The standard InChI is InChI=1S/C11H23N3O3S/c1-11(2,3)17-10(15)13-6-5-7-14(9-8-13)18(4,12)16/h12H,5-9H2,1-4H3. The van der Waals surface area contributed by atoms with Crippen LogP contribution in [0.15, 0.2) is 0 Å². The van der Waals surface area contributed by atoms with E-state index in [2.05, 4.69) is 0 Å². The molecule has 6 nitrogen and oxygen atoms in total. The number of carbonyl (C=O) groups is 1. The van der Waals surface area contributed by atoms with Crippen LogP contribution in [0.25, 0.3) is 0 Å². The zero-order chi connectivity index (χ0) is 14.0. The van der Waals surface area contributed by atoms with E-state index < -0.39 is 15.5 Å². The van der Waals surface area contributed by atoms with Crippen LogP contribution in [-0.2, 0) is 14.7 Å². The molecule has 1 heterocycles. The maximum absolute atomic E-state index is 11.9. The molecule has 18 heavy (non-hydrogen) atoms. The third-order valence-electron chi connectivity index (χ3n) is 2.60. The monoisotopic (exact) mass is 277 g/mol. The number of nitrogens with one attached hydrogen (secondary N) is 1. The van der Waals surface area contributed by atoms with Gasteiger partial charge in [-0.15, -0.1) is 0 Å². The van der Waals surface area contributed by atoms with Crippen molar-refractivity contribution in [2.24, 2.45) is 0 Å². The molecule has 0 aromatic rings. The van der Waals surface area contributed by atoms with E-state index in [0.29, 0.717) is 32.6 Å². The lowest BCUT2D eigenvalue weighted by molar-refractivity contribution is 0.0260. The van der Waals surface area contributed by atoms with E-state index in [1.807, 2.05) is 20.8 Å². The Morgan fingerprint density at radius 1 is 1.22 bits per heavy atom. The van der Waals surface area contributed by atoms with Gasteiger partial charge in [0.25, 0.3) is 0 Å². The minimum Gasteiger partial charge on any atom is -0.444 e. The minimum absolute atomic E-state index is 0.336. The Labute approximate surface area is 109 Å². The van der Waals surface area contributed by atoms with Crippen LogP contribution < -0.4 is 0 Å². The van der Waals surface area contributed by atoms with Gasteiger partial charge in [-0.25, -0.2) is 18.1 Å². The first-order valence-electron chi connectivity index (χ1n) is 6.06. The number of hydrogen-bond donors (Lipinski definition) is 1. The highest BCUT2D eigenvalue weighted by molar-refractivity contribution is 7.89. The Balaban J connectivity index is 2.60. The fourth-order valence-corrected chi connectivity index (χ4v) is 2.66. The van der Waals surface area contributed by atoms with E-state index in [1.165, 1.54) is 6.26 Å². The second-order valence-electron chi connectivity index (χ2n) is 5.55. The number of carbonyl (C=O) groups excluding carboxylic acids is 1. The van der Waals surface area contributed by atoms with Crippen molar-refractivity contribution in [1.82, 2.24) is 9.21 Å². The van der Waals surface area contributed by atoms with Crippen molar-refractivity contribution in [2.45, 2.75) is 32.8 Å². The van der Waals surface area contributed by atoms with Crippen molar-refractivity contribution in [3.05, 3.63) is 0 Å². The van der Waals surface area contributed by atoms with Gasteiger partial charge in [0.1, 0.15) is 15.5 Å². The van der Waals surface area contributed by atoms with Crippen LogP contribution in [-0.4, -0.2) is 57.5 Å². The zero-order valence-corrected chi connectivity index (χ0v) is 12.4. The quantitative estimate of drug-likeness (QED) is 0.789. The van der Waals surface area contributed by atoms with E-state index in [-0.39, 0.29) is 6.09 Å². The first kappa shape index (κ1) is 15.2. The maximum atomic E-state index is 11.9. The minimum atomic E-state index is -2.68. The van der Waals surface area contributed by atoms with Gasteiger partial charge in [-0.05, 0) is 27.2 Å². The molecule has 106 valence electrons. The Morgan fingerprint density at radius 3 is 2.33 bits per heavy atom. The van der Waals surface area contributed by atoms with E-state index in [9.17, 15) is 9.00 Å². The van der Waals surface area contributed by atoms with E-state index in [1.54, 1.807) is 9.21 Å². The normalized spacial score (nSPS) is 22.1. The van der Waals surface area contributed by atoms with Crippen LogP contribution in [0, 0.1) is 4.78 Å². The molecule has 0 aliphatic carbocycles. The molecule has 0 bridgehead atoms. The molecule has 1 fully saturated rings. The number of rotatable bonds is 1. The van der Waals surface area contributed by atoms with Crippen LogP contribution in [0.2, 0.25) is 0 Å². The predicted octanol–water partition coefficient (Wildman–Crippen LogP) is 1.52. The lowest BCUT2D eigenvalue weighted by Crippen LogP contribution is -2.39. The average Bonchev–Trinajstić information content (AvgIpc) is 2.38. The zero-order valence-electron chi connectivity index (χ0n) is 11.6. The topological polar surface area (TPSA) is 73.7 Å². The first-order valence-corrected chi connectivity index (χ1v) is 7.99. The Morgan fingerprint density at radius 2 is 1.83 bits per heavy atom. The van der Waals surface area contributed by atoms with Gasteiger partial charge < -0.3 is 9.64 Å². The van der Waals surface area contributed by atoms with Gasteiger partial charge in [-0.1, -0.05) is 0 Å². The third kappa shape index (κ3) is 4.81. The fourth-order valence-electron chi connectivity index (χ4n) is 1.75. The molecule has 1 rings (SSSR count). The molecule has 1 aliphatic heterocycles. The summed E-state index contributed by atoms with van der Waals surface area (Å²) < 4.78 is 26.1. The van der Waals surface area contributed by atoms with Crippen LogP contribution >= 0.6 is 0 Å². The summed E-state index contributed by atoms with van der Waals surface area (Å²) in [5.74, 6) is 0. The average molecular weight is 277 g/mol. The molecular formula is C11H23N3O3S. The van der Waals surface area contributed by atoms with Crippen LogP contribution in [0.1, 0.15) is 27.2 Å². The van der Waals surface area contributed by atoms with Gasteiger partial charge in [0.15, 0.2) is 0 Å². The van der Waals surface area contributed by atoms with Gasteiger partial charge in [-0.3, -0.25) is 0 Å². The molecule has 0 aromatic carbocycles. The summed E-state index contributed by atoms with van der Waals surface area (Å²) in [7, 11) is -2.68. The Bertz CT molecular complexity index is 400. The number of hydrogen-bond acceptors (Lipinski definition) is 4. The molecule has 1 unspecified atom stereocenters. The van der Waals surface area contributed by atoms with Gasteiger partial charge in [0.05, 0.1) is 0 Å². The van der Waals surface area contributed by atoms with Gasteiger partial charge in [0, 0.05) is 32.4 Å². The highest BCUT2D eigenvalue weighted by Gasteiger charge is 2.25. The van der Waals surface area contributed by atoms with Crippen molar-refractivity contribution in [3.63, 3.8) is 0 Å². The van der Waals surface area contributed by atoms with E-state index in [0.717, 1.165) is 0 Å². The van der Waals surface area contributed by atoms with Crippen LogP contribution in [0.4, 0.5) is 4.79 Å². The summed E-state index contributed by atoms with van der Waals surface area (Å²) >= 11 is 0. The second kappa shape index (κ2) is 5.44. The summed E-state index contributed by atoms with van der Waals surface area (Å²) in [5.41, 5.74) is -0.503. The highest BCUT2D eigenvalue weighted by atomic mass is 32.2. The molecule has 1 N–H and O–H groups in total. The molecule has 7 heteroatoms. The van der Waals surface area contributed by atoms with Crippen molar-refractivity contribution in [2.75, 3.05) is 32.4 Å². The maximum Gasteiger partial charge on any atom is 0.410 e. The SMILES string of the molecule is CC(C)(C)OC(=O)N1CCCN(S(C)(=N)=O)CC1. The summed E-state index contributed by atoms with van der Waals surface area (Å²) in [6.07, 6.45) is 1.79. The largest absolute Gasteiger partial charge is 0.444 e. The van der Waals surface area contributed by atoms with Crippen LogP contribution in [0.3, 0.4) is 0 Å². The van der Waals surface area contributed by atoms with Crippen LogP contribution in [0.5, 0.6) is 0 Å². The van der Waals surface area contributed by atoms with E-state index >= 15 is 0 Å².